The van der Waals surface area contributed by atoms with Crippen molar-refractivity contribution in [2.45, 2.75) is 6.42 Å². The molecule has 2 rings (SSSR count). The molecule has 0 unspecified atom stereocenters. The standard InChI is InChI=1S/C19H26N4O2/c1-23(2)13-12-20-18-9-6-16(14-22-18)19(24)21-11-10-15-4-7-17(25-3)8-5-15/h4-9,14H,10-13H2,1-3H3,(H,20,22)(H,21,24). The van der Waals surface area contributed by atoms with Gasteiger partial charge in [-0.15, -0.1) is 0 Å². The Kier molecular flexibility index (Phi) is 7.22. The summed E-state index contributed by atoms with van der Waals surface area (Å²) in [5.41, 5.74) is 1.72. The number of carbonyl (C=O) groups is 1. The van der Waals surface area contributed by atoms with Crippen molar-refractivity contribution >= 4 is 11.7 Å². The van der Waals surface area contributed by atoms with Crippen LogP contribution in [0.2, 0.25) is 0 Å². The summed E-state index contributed by atoms with van der Waals surface area (Å²) in [5.74, 6) is 1.50. The van der Waals surface area contributed by atoms with Gasteiger partial charge in [0.15, 0.2) is 0 Å². The summed E-state index contributed by atoms with van der Waals surface area (Å²) in [7, 11) is 5.69. The SMILES string of the molecule is COc1ccc(CCNC(=O)c2ccc(NCCN(C)C)nc2)cc1. The summed E-state index contributed by atoms with van der Waals surface area (Å²) in [6.07, 6.45) is 2.37. The quantitative estimate of drug-likeness (QED) is 0.730. The van der Waals surface area contributed by atoms with Gasteiger partial charge in [0.05, 0.1) is 12.7 Å². The second-order valence-electron chi connectivity index (χ2n) is 6.02. The molecule has 1 heterocycles. The van der Waals surface area contributed by atoms with Gasteiger partial charge in [-0.25, -0.2) is 4.98 Å². The Morgan fingerprint density at radius 2 is 1.88 bits per heavy atom. The van der Waals surface area contributed by atoms with Gasteiger partial charge in [0.2, 0.25) is 0 Å². The third-order valence-corrected chi connectivity index (χ3v) is 3.75. The molecule has 0 aliphatic heterocycles. The van der Waals surface area contributed by atoms with Crippen molar-refractivity contribution in [3.63, 3.8) is 0 Å². The number of carbonyl (C=O) groups excluding carboxylic acids is 1. The fourth-order valence-corrected chi connectivity index (χ4v) is 2.25. The molecule has 0 atom stereocenters. The highest BCUT2D eigenvalue weighted by atomic mass is 16.5. The van der Waals surface area contributed by atoms with Crippen LogP contribution < -0.4 is 15.4 Å². The monoisotopic (exact) mass is 342 g/mol. The van der Waals surface area contributed by atoms with E-state index in [1.165, 1.54) is 0 Å². The Morgan fingerprint density at radius 3 is 2.48 bits per heavy atom. The largest absolute Gasteiger partial charge is 0.497 e. The number of nitrogens with zero attached hydrogens (tertiary/aromatic N) is 2. The van der Waals surface area contributed by atoms with Gasteiger partial charge in [-0.3, -0.25) is 4.79 Å². The van der Waals surface area contributed by atoms with Crippen LogP contribution in [0.15, 0.2) is 42.6 Å². The minimum atomic E-state index is -0.110. The van der Waals surface area contributed by atoms with Crippen LogP contribution in [0, 0.1) is 0 Å². The molecule has 0 saturated carbocycles. The lowest BCUT2D eigenvalue weighted by Crippen LogP contribution is -2.26. The molecule has 0 fully saturated rings. The van der Waals surface area contributed by atoms with Crippen molar-refractivity contribution in [2.75, 3.05) is 46.2 Å². The fraction of sp³-hybridized carbons (Fsp3) is 0.368. The number of rotatable bonds is 9. The number of benzene rings is 1. The van der Waals surface area contributed by atoms with E-state index in [1.807, 2.05) is 44.4 Å². The van der Waals surface area contributed by atoms with E-state index in [0.29, 0.717) is 12.1 Å². The second kappa shape index (κ2) is 9.64. The first-order chi connectivity index (χ1) is 12.1. The normalized spacial score (nSPS) is 10.6. The van der Waals surface area contributed by atoms with Gasteiger partial charge in [0.1, 0.15) is 11.6 Å². The molecule has 0 aliphatic rings. The van der Waals surface area contributed by atoms with Gasteiger partial charge < -0.3 is 20.3 Å². The first kappa shape index (κ1) is 18.7. The molecule has 6 heteroatoms. The molecular formula is C19H26N4O2. The van der Waals surface area contributed by atoms with Crippen LogP contribution >= 0.6 is 0 Å². The van der Waals surface area contributed by atoms with E-state index < -0.39 is 0 Å². The van der Waals surface area contributed by atoms with Crippen LogP contribution in [0.4, 0.5) is 5.82 Å². The van der Waals surface area contributed by atoms with Crippen molar-refractivity contribution in [3.05, 3.63) is 53.7 Å². The molecular weight excluding hydrogens is 316 g/mol. The first-order valence-electron chi connectivity index (χ1n) is 8.34. The Labute approximate surface area is 149 Å². The van der Waals surface area contributed by atoms with Crippen molar-refractivity contribution in [2.24, 2.45) is 0 Å². The van der Waals surface area contributed by atoms with Gasteiger partial charge in [0, 0.05) is 25.8 Å². The zero-order chi connectivity index (χ0) is 18.1. The number of likely N-dealkylation sites (N-methyl/N-ethyl adjacent to an activating group) is 1. The molecule has 0 spiro atoms. The minimum Gasteiger partial charge on any atom is -0.497 e. The average Bonchev–Trinajstić information content (AvgIpc) is 2.62. The maximum atomic E-state index is 12.2. The van der Waals surface area contributed by atoms with E-state index in [0.717, 1.165) is 36.6 Å². The van der Waals surface area contributed by atoms with Crippen molar-refractivity contribution in [1.29, 1.82) is 0 Å². The molecule has 25 heavy (non-hydrogen) atoms. The number of ether oxygens (including phenoxy) is 1. The van der Waals surface area contributed by atoms with Gasteiger partial charge >= 0.3 is 0 Å². The number of hydrogen-bond acceptors (Lipinski definition) is 5. The molecule has 0 bridgehead atoms. The first-order valence-corrected chi connectivity index (χ1v) is 8.34. The fourth-order valence-electron chi connectivity index (χ4n) is 2.25. The predicted molar refractivity (Wildman–Crippen MR) is 100 cm³/mol. The van der Waals surface area contributed by atoms with Crippen LogP contribution in [0.1, 0.15) is 15.9 Å². The summed E-state index contributed by atoms with van der Waals surface area (Å²) in [6, 6.07) is 11.5. The summed E-state index contributed by atoms with van der Waals surface area (Å²) < 4.78 is 5.13. The molecule has 2 aromatic rings. The Morgan fingerprint density at radius 1 is 1.12 bits per heavy atom. The van der Waals surface area contributed by atoms with Crippen LogP contribution in [0.5, 0.6) is 5.75 Å². The summed E-state index contributed by atoms with van der Waals surface area (Å²) in [5, 5.41) is 6.14. The molecule has 0 saturated heterocycles. The zero-order valence-corrected chi connectivity index (χ0v) is 15.1. The maximum Gasteiger partial charge on any atom is 0.252 e. The van der Waals surface area contributed by atoms with Crippen molar-refractivity contribution in [3.8, 4) is 5.75 Å². The van der Waals surface area contributed by atoms with Gasteiger partial charge in [-0.05, 0) is 50.3 Å². The van der Waals surface area contributed by atoms with Crippen molar-refractivity contribution in [1.82, 2.24) is 15.2 Å². The highest BCUT2D eigenvalue weighted by Crippen LogP contribution is 2.11. The summed E-state index contributed by atoms with van der Waals surface area (Å²) in [6.45, 7) is 2.32. The summed E-state index contributed by atoms with van der Waals surface area (Å²) >= 11 is 0. The molecule has 0 aliphatic carbocycles. The van der Waals surface area contributed by atoms with E-state index in [4.69, 9.17) is 4.74 Å². The molecule has 2 N–H and O–H groups in total. The van der Waals surface area contributed by atoms with Gasteiger partial charge in [-0.2, -0.15) is 0 Å². The number of methoxy groups -OCH3 is 1. The number of anilines is 1. The molecule has 1 amide bonds. The summed E-state index contributed by atoms with van der Waals surface area (Å²) in [4.78, 5) is 18.5. The molecule has 6 nitrogen and oxygen atoms in total. The van der Waals surface area contributed by atoms with Crippen LogP contribution in [-0.4, -0.2) is 56.6 Å². The maximum absolute atomic E-state index is 12.2. The number of aromatic nitrogens is 1. The molecule has 134 valence electrons. The van der Waals surface area contributed by atoms with Crippen LogP contribution in [-0.2, 0) is 6.42 Å². The third kappa shape index (κ3) is 6.43. The van der Waals surface area contributed by atoms with Gasteiger partial charge in [-0.1, -0.05) is 12.1 Å². The van der Waals surface area contributed by atoms with Crippen LogP contribution in [0.3, 0.4) is 0 Å². The lowest BCUT2D eigenvalue weighted by atomic mass is 10.1. The Balaban J connectivity index is 1.76. The lowest BCUT2D eigenvalue weighted by molar-refractivity contribution is 0.0954. The number of hydrogen-bond donors (Lipinski definition) is 2. The number of pyridine rings is 1. The van der Waals surface area contributed by atoms with Crippen LogP contribution in [0.25, 0.3) is 0 Å². The van der Waals surface area contributed by atoms with Gasteiger partial charge in [0.25, 0.3) is 5.91 Å². The number of nitrogens with one attached hydrogen (secondary N) is 2. The van der Waals surface area contributed by atoms with E-state index in [1.54, 1.807) is 19.4 Å². The zero-order valence-electron chi connectivity index (χ0n) is 15.1. The minimum absolute atomic E-state index is 0.110. The van der Waals surface area contributed by atoms with E-state index >= 15 is 0 Å². The molecule has 1 aromatic carbocycles. The Bertz CT molecular complexity index is 654. The average molecular weight is 342 g/mol. The molecule has 1 aromatic heterocycles. The highest BCUT2D eigenvalue weighted by Gasteiger charge is 2.06. The predicted octanol–water partition coefficient (Wildman–Crippen LogP) is 2.04. The lowest BCUT2D eigenvalue weighted by Gasteiger charge is -2.11. The number of amides is 1. The van der Waals surface area contributed by atoms with E-state index in [-0.39, 0.29) is 5.91 Å². The van der Waals surface area contributed by atoms with Crippen molar-refractivity contribution < 1.29 is 9.53 Å². The second-order valence-corrected chi connectivity index (χ2v) is 6.02. The highest BCUT2D eigenvalue weighted by molar-refractivity contribution is 5.94. The Hall–Kier alpha value is -2.60. The van der Waals surface area contributed by atoms with E-state index in [9.17, 15) is 4.79 Å². The smallest absolute Gasteiger partial charge is 0.252 e. The third-order valence-electron chi connectivity index (χ3n) is 3.75. The topological polar surface area (TPSA) is 66.5 Å². The van der Waals surface area contributed by atoms with E-state index in [2.05, 4.69) is 20.5 Å². The molecule has 0 radical (unpaired) electrons.